The fourth-order valence-electron chi connectivity index (χ4n) is 4.33. The molecule has 0 saturated carbocycles. The molecule has 2 saturated heterocycles. The molecule has 0 bridgehead atoms. The molecule has 180 valence electrons. The van der Waals surface area contributed by atoms with E-state index in [0.29, 0.717) is 31.1 Å². The van der Waals surface area contributed by atoms with Crippen LogP contribution in [0.4, 0.5) is 9.93 Å². The van der Waals surface area contributed by atoms with Crippen molar-refractivity contribution in [2.75, 3.05) is 31.6 Å². The average Bonchev–Trinajstić information content (AvgIpc) is 3.40. The molecule has 0 spiro atoms. The summed E-state index contributed by atoms with van der Waals surface area (Å²) >= 11 is 1.35. The number of ether oxygens (including phenoxy) is 1. The van der Waals surface area contributed by atoms with Crippen LogP contribution in [-0.2, 0) is 26.2 Å². The fourth-order valence-corrected chi connectivity index (χ4v) is 6.99. The summed E-state index contributed by atoms with van der Waals surface area (Å²) in [5, 5.41) is 5.07. The first-order valence-corrected chi connectivity index (χ1v) is 13.3. The van der Waals surface area contributed by atoms with E-state index in [1.807, 2.05) is 26.2 Å². The first-order valence-electron chi connectivity index (χ1n) is 11.0. The number of fused-ring (bicyclic) bond motifs is 1. The molecule has 1 aromatic heterocycles. The summed E-state index contributed by atoms with van der Waals surface area (Å²) in [5.74, 6) is -0.547. The topological polar surface area (TPSA) is 112 Å². The van der Waals surface area contributed by atoms with E-state index in [-0.39, 0.29) is 24.6 Å². The van der Waals surface area contributed by atoms with Crippen molar-refractivity contribution in [3.05, 3.63) is 11.1 Å². The lowest BCUT2D eigenvalue weighted by Gasteiger charge is -2.29. The van der Waals surface area contributed by atoms with Crippen LogP contribution in [-0.4, -0.2) is 78.9 Å². The number of rotatable bonds is 9. The minimum absolute atomic E-state index is 0.000964. The van der Waals surface area contributed by atoms with Gasteiger partial charge in [0.2, 0.25) is 5.91 Å². The predicted molar refractivity (Wildman–Crippen MR) is 123 cm³/mol. The molecule has 3 rings (SSSR count). The summed E-state index contributed by atoms with van der Waals surface area (Å²) in [6.45, 7) is 8.45. The van der Waals surface area contributed by atoms with Crippen molar-refractivity contribution >= 4 is 38.7 Å². The Labute approximate surface area is 194 Å². The molecular formula is C20H33N5O5S2. The van der Waals surface area contributed by atoms with Crippen LogP contribution in [0.15, 0.2) is 5.38 Å². The Hall–Kier alpha value is -1.76. The Bertz CT molecular complexity index is 935. The monoisotopic (exact) mass is 487 g/mol. The van der Waals surface area contributed by atoms with E-state index in [9.17, 15) is 18.0 Å². The molecule has 1 N–H and O–H groups in total. The number of thiazole rings is 1. The number of hydrogen-bond donors (Lipinski definition) is 1. The molecule has 2 aliphatic heterocycles. The number of carbonyl (C=O) groups is 2. The first-order chi connectivity index (χ1) is 15.1. The molecule has 2 fully saturated rings. The third-order valence-electron chi connectivity index (χ3n) is 5.82. The normalized spacial score (nSPS) is 23.9. The summed E-state index contributed by atoms with van der Waals surface area (Å²) in [6.07, 6.45) is 1.27. The zero-order valence-corrected chi connectivity index (χ0v) is 20.9. The van der Waals surface area contributed by atoms with Crippen molar-refractivity contribution in [2.24, 2.45) is 5.92 Å². The van der Waals surface area contributed by atoms with Gasteiger partial charge in [0.1, 0.15) is 0 Å². The quantitative estimate of drug-likeness (QED) is 0.569. The minimum Gasteiger partial charge on any atom is -0.449 e. The molecule has 2 aliphatic rings. The van der Waals surface area contributed by atoms with Gasteiger partial charge in [0, 0.05) is 38.0 Å². The van der Waals surface area contributed by atoms with Gasteiger partial charge in [-0.2, -0.15) is 17.0 Å². The van der Waals surface area contributed by atoms with Crippen molar-refractivity contribution in [3.63, 3.8) is 0 Å². The Balaban J connectivity index is 1.69. The Morgan fingerprint density at radius 1 is 1.44 bits per heavy atom. The lowest BCUT2D eigenvalue weighted by Crippen LogP contribution is -2.48. The van der Waals surface area contributed by atoms with Gasteiger partial charge in [-0.25, -0.2) is 9.78 Å². The van der Waals surface area contributed by atoms with Crippen LogP contribution in [0.2, 0.25) is 0 Å². The molecule has 2 amide bonds. The molecular weight excluding hydrogens is 454 g/mol. The van der Waals surface area contributed by atoms with Gasteiger partial charge in [0.05, 0.1) is 30.3 Å². The largest absolute Gasteiger partial charge is 0.449 e. The van der Waals surface area contributed by atoms with Crippen LogP contribution in [0.1, 0.15) is 46.2 Å². The van der Waals surface area contributed by atoms with Gasteiger partial charge in [-0.3, -0.25) is 9.69 Å². The predicted octanol–water partition coefficient (Wildman–Crippen LogP) is 1.83. The van der Waals surface area contributed by atoms with Crippen LogP contribution in [0.25, 0.3) is 0 Å². The lowest BCUT2D eigenvalue weighted by atomic mass is 10.0. The fraction of sp³-hybridized carbons (Fsp3) is 0.750. The zero-order valence-electron chi connectivity index (χ0n) is 19.3. The molecule has 0 aliphatic carbocycles. The Kier molecular flexibility index (Phi) is 7.79. The SMILES string of the molecule is CCCN(C)S(=O)(=O)N1CC[C@H]2[C@H]1[C@H](C)C(=O)N2c1nc(CCOC(=O)NC(C)C)cs1. The third-order valence-corrected chi connectivity index (χ3v) is 8.69. The second kappa shape index (κ2) is 10.0. The lowest BCUT2D eigenvalue weighted by molar-refractivity contribution is -0.120. The number of anilines is 1. The van der Waals surface area contributed by atoms with E-state index in [4.69, 9.17) is 4.74 Å². The van der Waals surface area contributed by atoms with Gasteiger partial charge in [0.15, 0.2) is 5.13 Å². The van der Waals surface area contributed by atoms with Crippen LogP contribution in [0, 0.1) is 5.92 Å². The van der Waals surface area contributed by atoms with Crippen LogP contribution < -0.4 is 10.2 Å². The van der Waals surface area contributed by atoms with Crippen LogP contribution >= 0.6 is 11.3 Å². The molecule has 12 heteroatoms. The summed E-state index contributed by atoms with van der Waals surface area (Å²) in [6, 6.07) is -0.627. The highest BCUT2D eigenvalue weighted by Gasteiger charge is 2.56. The number of carbonyl (C=O) groups excluding carboxylic acids is 2. The Morgan fingerprint density at radius 2 is 2.16 bits per heavy atom. The second-order valence-electron chi connectivity index (χ2n) is 8.59. The first kappa shape index (κ1) is 24.9. The average molecular weight is 488 g/mol. The molecule has 0 radical (unpaired) electrons. The highest BCUT2D eigenvalue weighted by Crippen LogP contribution is 2.41. The standard InChI is InChI=1S/C20H33N5O5S2/c1-6-9-23(5)32(28,29)24-10-7-16-17(24)14(4)18(26)25(16)19-22-15(12-31-19)8-11-30-20(27)21-13(2)3/h12-14,16-17H,6-11H2,1-5H3,(H,21,27)/t14-,16-,17+/m0/s1. The summed E-state index contributed by atoms with van der Waals surface area (Å²) < 4.78 is 34.1. The molecule has 3 heterocycles. The highest BCUT2D eigenvalue weighted by atomic mass is 32.2. The Morgan fingerprint density at radius 3 is 2.81 bits per heavy atom. The molecule has 0 unspecified atom stereocenters. The maximum atomic E-state index is 13.1. The van der Waals surface area contributed by atoms with Gasteiger partial charge in [0.25, 0.3) is 10.2 Å². The van der Waals surface area contributed by atoms with Crippen molar-refractivity contribution in [1.82, 2.24) is 18.9 Å². The number of hydrogen-bond acceptors (Lipinski definition) is 7. The number of alkyl carbamates (subject to hydrolysis) is 1. The molecule has 32 heavy (non-hydrogen) atoms. The second-order valence-corrected chi connectivity index (χ2v) is 11.4. The zero-order chi connectivity index (χ0) is 23.6. The van der Waals surface area contributed by atoms with Gasteiger partial charge >= 0.3 is 6.09 Å². The van der Waals surface area contributed by atoms with E-state index in [0.717, 1.165) is 12.1 Å². The number of aromatic nitrogens is 1. The van der Waals surface area contributed by atoms with Gasteiger partial charge in [-0.1, -0.05) is 13.8 Å². The van der Waals surface area contributed by atoms with E-state index >= 15 is 0 Å². The minimum atomic E-state index is -3.62. The molecule has 0 aromatic carbocycles. The highest BCUT2D eigenvalue weighted by molar-refractivity contribution is 7.86. The van der Waals surface area contributed by atoms with Crippen molar-refractivity contribution in [1.29, 1.82) is 0 Å². The van der Waals surface area contributed by atoms with Crippen molar-refractivity contribution < 1.29 is 22.7 Å². The maximum Gasteiger partial charge on any atom is 0.407 e. The van der Waals surface area contributed by atoms with E-state index < -0.39 is 28.3 Å². The van der Waals surface area contributed by atoms with E-state index in [1.54, 1.807) is 18.9 Å². The van der Waals surface area contributed by atoms with Crippen LogP contribution in [0.3, 0.4) is 0 Å². The van der Waals surface area contributed by atoms with Gasteiger partial charge in [-0.15, -0.1) is 11.3 Å². The third kappa shape index (κ3) is 4.92. The maximum absolute atomic E-state index is 13.1. The molecule has 1 aromatic rings. The van der Waals surface area contributed by atoms with Gasteiger partial charge < -0.3 is 10.1 Å². The molecule has 3 atom stereocenters. The van der Waals surface area contributed by atoms with Crippen LogP contribution in [0.5, 0.6) is 0 Å². The van der Waals surface area contributed by atoms with E-state index in [2.05, 4.69) is 10.3 Å². The van der Waals surface area contributed by atoms with Crippen molar-refractivity contribution in [2.45, 2.75) is 65.1 Å². The number of nitrogens with zero attached hydrogens (tertiary/aromatic N) is 4. The van der Waals surface area contributed by atoms with Crippen molar-refractivity contribution in [3.8, 4) is 0 Å². The number of nitrogens with one attached hydrogen (secondary N) is 1. The van der Waals surface area contributed by atoms with E-state index in [1.165, 1.54) is 19.9 Å². The van der Waals surface area contributed by atoms with Gasteiger partial charge in [-0.05, 0) is 26.7 Å². The summed E-state index contributed by atoms with van der Waals surface area (Å²) in [4.78, 5) is 30.9. The smallest absolute Gasteiger partial charge is 0.407 e. The summed E-state index contributed by atoms with van der Waals surface area (Å²) in [7, 11) is -2.04. The molecule has 10 nitrogen and oxygen atoms in total. The number of amides is 2. The summed E-state index contributed by atoms with van der Waals surface area (Å²) in [5.41, 5.74) is 0.733.